The molecule has 1 aliphatic heterocycles. The number of ether oxygens (including phenoxy) is 1. The zero-order valence-corrected chi connectivity index (χ0v) is 8.88. The van der Waals surface area contributed by atoms with E-state index in [1.807, 2.05) is 6.92 Å². The maximum Gasteiger partial charge on any atom is 0.308 e. The van der Waals surface area contributed by atoms with Crippen LogP contribution >= 0.6 is 0 Å². The summed E-state index contributed by atoms with van der Waals surface area (Å²) in [7, 11) is 0. The van der Waals surface area contributed by atoms with Crippen LogP contribution in [0.2, 0.25) is 0 Å². The highest BCUT2D eigenvalue weighted by molar-refractivity contribution is 5.71. The Kier molecular flexibility index (Phi) is 3.76. The van der Waals surface area contributed by atoms with Crippen molar-refractivity contribution in [2.45, 2.75) is 40.0 Å². The first-order chi connectivity index (χ1) is 6.09. The van der Waals surface area contributed by atoms with Gasteiger partial charge in [0, 0.05) is 0 Å². The topological polar surface area (TPSA) is 26.3 Å². The van der Waals surface area contributed by atoms with Crippen LogP contribution in [0.1, 0.15) is 40.0 Å². The molecule has 76 valence electrons. The van der Waals surface area contributed by atoms with Crippen LogP contribution < -0.4 is 0 Å². The number of rotatable bonds is 0. The fraction of sp³-hybridized carbons (Fsp3) is 0.909. The van der Waals surface area contributed by atoms with Crippen LogP contribution in [0.25, 0.3) is 0 Å². The lowest BCUT2D eigenvalue weighted by atomic mass is 9.89. The van der Waals surface area contributed by atoms with Crippen molar-refractivity contribution < 1.29 is 9.53 Å². The lowest BCUT2D eigenvalue weighted by Crippen LogP contribution is -2.16. The maximum atomic E-state index is 11.3. The quantitative estimate of drug-likeness (QED) is 0.541. The first kappa shape index (κ1) is 10.6. The largest absolute Gasteiger partial charge is 0.465 e. The molecule has 0 aliphatic carbocycles. The van der Waals surface area contributed by atoms with Crippen LogP contribution in [0.4, 0.5) is 0 Å². The normalized spacial score (nSPS) is 37.2. The summed E-state index contributed by atoms with van der Waals surface area (Å²) in [5.74, 6) is 1.41. The molecule has 3 unspecified atom stereocenters. The Morgan fingerprint density at radius 1 is 1.15 bits per heavy atom. The fourth-order valence-electron chi connectivity index (χ4n) is 2.10. The van der Waals surface area contributed by atoms with E-state index >= 15 is 0 Å². The molecule has 2 nitrogen and oxygen atoms in total. The Hall–Kier alpha value is -0.530. The van der Waals surface area contributed by atoms with Gasteiger partial charge in [0.05, 0.1) is 12.5 Å². The van der Waals surface area contributed by atoms with Gasteiger partial charge in [-0.2, -0.15) is 0 Å². The molecule has 1 heterocycles. The van der Waals surface area contributed by atoms with Crippen molar-refractivity contribution in [3.05, 3.63) is 0 Å². The van der Waals surface area contributed by atoms with Gasteiger partial charge < -0.3 is 4.74 Å². The fourth-order valence-corrected chi connectivity index (χ4v) is 2.10. The summed E-state index contributed by atoms with van der Waals surface area (Å²) >= 11 is 0. The van der Waals surface area contributed by atoms with Crippen LogP contribution in [-0.4, -0.2) is 12.6 Å². The van der Waals surface area contributed by atoms with Gasteiger partial charge in [0.1, 0.15) is 0 Å². The predicted octanol–water partition coefficient (Wildman–Crippen LogP) is 2.62. The van der Waals surface area contributed by atoms with Crippen molar-refractivity contribution in [2.24, 2.45) is 17.8 Å². The molecule has 0 radical (unpaired) electrons. The van der Waals surface area contributed by atoms with E-state index in [9.17, 15) is 4.79 Å². The van der Waals surface area contributed by atoms with Crippen molar-refractivity contribution >= 4 is 5.97 Å². The van der Waals surface area contributed by atoms with Crippen LogP contribution in [0.5, 0.6) is 0 Å². The van der Waals surface area contributed by atoms with Crippen molar-refractivity contribution in [1.29, 1.82) is 0 Å². The van der Waals surface area contributed by atoms with E-state index in [4.69, 9.17) is 4.74 Å². The Morgan fingerprint density at radius 2 is 1.85 bits per heavy atom. The smallest absolute Gasteiger partial charge is 0.308 e. The summed E-state index contributed by atoms with van der Waals surface area (Å²) < 4.78 is 5.15. The van der Waals surface area contributed by atoms with Crippen LogP contribution in [0.3, 0.4) is 0 Å². The van der Waals surface area contributed by atoms with Gasteiger partial charge in [0.15, 0.2) is 0 Å². The van der Waals surface area contributed by atoms with Crippen molar-refractivity contribution in [3.63, 3.8) is 0 Å². The monoisotopic (exact) mass is 184 g/mol. The lowest BCUT2D eigenvalue weighted by Gasteiger charge is -2.15. The first-order valence-electron chi connectivity index (χ1n) is 5.26. The Balaban J connectivity index is 2.53. The molecular weight excluding hydrogens is 164 g/mol. The second kappa shape index (κ2) is 4.64. The predicted molar refractivity (Wildman–Crippen MR) is 52.3 cm³/mol. The van der Waals surface area contributed by atoms with Crippen molar-refractivity contribution in [3.8, 4) is 0 Å². The van der Waals surface area contributed by atoms with E-state index in [0.717, 1.165) is 12.8 Å². The second-order valence-corrected chi connectivity index (χ2v) is 4.54. The molecule has 1 aliphatic rings. The van der Waals surface area contributed by atoms with E-state index in [-0.39, 0.29) is 11.9 Å². The summed E-state index contributed by atoms with van der Waals surface area (Å²) in [5, 5.41) is 0. The molecule has 2 heteroatoms. The molecule has 1 rings (SSSR count). The molecule has 0 aromatic rings. The van der Waals surface area contributed by atoms with Gasteiger partial charge in [0.2, 0.25) is 0 Å². The first-order valence-corrected chi connectivity index (χ1v) is 5.26. The number of esters is 1. The molecule has 1 saturated heterocycles. The summed E-state index contributed by atoms with van der Waals surface area (Å²) in [6.07, 6.45) is 3.22. The van der Waals surface area contributed by atoms with Gasteiger partial charge in [-0.05, 0) is 31.1 Å². The molecule has 0 N–H and O–H groups in total. The van der Waals surface area contributed by atoms with Crippen LogP contribution in [-0.2, 0) is 9.53 Å². The highest BCUT2D eigenvalue weighted by Crippen LogP contribution is 2.24. The molecule has 0 aromatic heterocycles. The zero-order chi connectivity index (χ0) is 9.84. The third-order valence-corrected chi connectivity index (χ3v) is 2.82. The molecule has 1 fully saturated rings. The SMILES string of the molecule is CC1CCOC(=O)C(C)CC(C)C1. The minimum Gasteiger partial charge on any atom is -0.465 e. The summed E-state index contributed by atoms with van der Waals surface area (Å²) in [6.45, 7) is 7.04. The van der Waals surface area contributed by atoms with E-state index in [2.05, 4.69) is 13.8 Å². The van der Waals surface area contributed by atoms with Gasteiger partial charge >= 0.3 is 5.97 Å². The molecule has 0 bridgehead atoms. The molecule has 3 atom stereocenters. The lowest BCUT2D eigenvalue weighted by molar-refractivity contribution is -0.148. The van der Waals surface area contributed by atoms with E-state index in [1.165, 1.54) is 6.42 Å². The molecule has 0 spiro atoms. The zero-order valence-electron chi connectivity index (χ0n) is 8.88. The summed E-state index contributed by atoms with van der Waals surface area (Å²) in [4.78, 5) is 11.3. The Morgan fingerprint density at radius 3 is 2.54 bits per heavy atom. The number of carbonyl (C=O) groups is 1. The van der Waals surface area contributed by atoms with Gasteiger partial charge in [-0.15, -0.1) is 0 Å². The third-order valence-electron chi connectivity index (χ3n) is 2.82. The minimum atomic E-state index is -0.0130. The highest BCUT2D eigenvalue weighted by Gasteiger charge is 2.21. The third kappa shape index (κ3) is 3.37. The number of hydrogen-bond acceptors (Lipinski definition) is 2. The Bertz CT molecular complexity index is 177. The second-order valence-electron chi connectivity index (χ2n) is 4.54. The average molecular weight is 184 g/mol. The number of cyclic esters (lactones) is 1. The molecule has 0 amide bonds. The van der Waals surface area contributed by atoms with Crippen molar-refractivity contribution in [2.75, 3.05) is 6.61 Å². The number of hydrogen-bond donors (Lipinski definition) is 0. The number of carbonyl (C=O) groups excluding carboxylic acids is 1. The van der Waals surface area contributed by atoms with Crippen LogP contribution in [0.15, 0.2) is 0 Å². The van der Waals surface area contributed by atoms with Crippen LogP contribution in [0, 0.1) is 17.8 Å². The maximum absolute atomic E-state index is 11.3. The highest BCUT2D eigenvalue weighted by atomic mass is 16.5. The van der Waals surface area contributed by atoms with E-state index in [0.29, 0.717) is 18.4 Å². The molecule has 0 aromatic carbocycles. The van der Waals surface area contributed by atoms with E-state index < -0.39 is 0 Å². The standard InChI is InChI=1S/C11H20O2/c1-8-4-5-13-11(12)10(3)7-9(2)6-8/h8-10H,4-7H2,1-3H3. The Labute approximate surface area is 80.7 Å². The van der Waals surface area contributed by atoms with Gasteiger partial charge in [-0.25, -0.2) is 0 Å². The van der Waals surface area contributed by atoms with Crippen molar-refractivity contribution in [1.82, 2.24) is 0 Å². The average Bonchev–Trinajstić information content (AvgIpc) is 2.06. The molecule has 13 heavy (non-hydrogen) atoms. The summed E-state index contributed by atoms with van der Waals surface area (Å²) in [5.41, 5.74) is 0. The molecule has 0 saturated carbocycles. The van der Waals surface area contributed by atoms with Gasteiger partial charge in [0.25, 0.3) is 0 Å². The minimum absolute atomic E-state index is 0.0130. The van der Waals surface area contributed by atoms with E-state index in [1.54, 1.807) is 0 Å². The molecular formula is C11H20O2. The summed E-state index contributed by atoms with van der Waals surface area (Å²) in [6, 6.07) is 0. The van der Waals surface area contributed by atoms with Gasteiger partial charge in [-0.1, -0.05) is 20.8 Å². The van der Waals surface area contributed by atoms with Gasteiger partial charge in [-0.3, -0.25) is 4.79 Å².